The average Bonchev–Trinajstić information content (AvgIpc) is 3.06. The summed E-state index contributed by atoms with van der Waals surface area (Å²) in [5.41, 5.74) is 1.10. The summed E-state index contributed by atoms with van der Waals surface area (Å²) in [6.45, 7) is 2.46. The zero-order chi connectivity index (χ0) is 12.6. The summed E-state index contributed by atoms with van der Waals surface area (Å²) in [7, 11) is 1.76. The first-order chi connectivity index (χ1) is 8.88. The van der Waals surface area contributed by atoms with Crippen molar-refractivity contribution in [1.29, 1.82) is 0 Å². The van der Waals surface area contributed by atoms with E-state index in [2.05, 4.69) is 20.2 Å². The molecule has 0 aliphatic rings. The van der Waals surface area contributed by atoms with Crippen LogP contribution in [-0.2, 0) is 13.1 Å². The molecule has 2 N–H and O–H groups in total. The summed E-state index contributed by atoms with van der Waals surface area (Å²) < 4.78 is 7.13. The highest BCUT2D eigenvalue weighted by atomic mass is 127. The molecule has 0 spiro atoms. The van der Waals surface area contributed by atoms with Gasteiger partial charge < -0.3 is 19.6 Å². The van der Waals surface area contributed by atoms with E-state index in [4.69, 9.17) is 4.42 Å². The molecule has 2 aromatic heterocycles. The van der Waals surface area contributed by atoms with Gasteiger partial charge in [-0.1, -0.05) is 0 Å². The maximum Gasteiger partial charge on any atom is 0.191 e. The fourth-order valence-electron chi connectivity index (χ4n) is 1.62. The molecule has 2 heterocycles. The van der Waals surface area contributed by atoms with Crippen molar-refractivity contribution in [3.8, 4) is 0 Å². The van der Waals surface area contributed by atoms with Crippen LogP contribution in [0.4, 0.5) is 0 Å². The van der Waals surface area contributed by atoms with Crippen molar-refractivity contribution >= 4 is 29.9 Å². The lowest BCUT2D eigenvalue weighted by molar-refractivity contribution is 0.563. The van der Waals surface area contributed by atoms with Crippen LogP contribution < -0.4 is 10.6 Å². The van der Waals surface area contributed by atoms with Crippen molar-refractivity contribution in [3.63, 3.8) is 0 Å². The molecule has 0 amide bonds. The Balaban J connectivity index is 0.00000180. The molecule has 0 radical (unpaired) electrons. The van der Waals surface area contributed by atoms with Gasteiger partial charge in [0.05, 0.1) is 12.5 Å². The Labute approximate surface area is 130 Å². The highest BCUT2D eigenvalue weighted by Gasteiger charge is 1.98. The summed E-state index contributed by atoms with van der Waals surface area (Å²) in [6.07, 6.45) is 7.48. The number of furan rings is 1. The predicted molar refractivity (Wildman–Crippen MR) is 86.8 cm³/mol. The van der Waals surface area contributed by atoms with Gasteiger partial charge in [0.15, 0.2) is 5.96 Å². The Kier molecular flexibility index (Phi) is 7.09. The molecular weight excluding hydrogens is 355 g/mol. The van der Waals surface area contributed by atoms with Crippen molar-refractivity contribution in [2.24, 2.45) is 4.99 Å². The van der Waals surface area contributed by atoms with Crippen LogP contribution in [0.15, 0.2) is 52.5 Å². The Hall–Kier alpha value is -1.44. The van der Waals surface area contributed by atoms with Crippen LogP contribution in [0.5, 0.6) is 0 Å². The Morgan fingerprint density at radius 2 is 2.11 bits per heavy atom. The van der Waals surface area contributed by atoms with Gasteiger partial charge in [-0.05, 0) is 18.2 Å². The summed E-state index contributed by atoms with van der Waals surface area (Å²) in [4.78, 5) is 4.16. The number of hydrogen-bond donors (Lipinski definition) is 2. The second-order valence-electron chi connectivity index (χ2n) is 3.91. The number of nitrogens with one attached hydrogen (secondary N) is 2. The van der Waals surface area contributed by atoms with E-state index in [1.165, 1.54) is 0 Å². The second-order valence-corrected chi connectivity index (χ2v) is 3.91. The summed E-state index contributed by atoms with van der Waals surface area (Å²) >= 11 is 0. The lowest BCUT2D eigenvalue weighted by atomic mass is 10.3. The normalized spacial score (nSPS) is 10.9. The molecule has 0 aliphatic carbocycles. The van der Waals surface area contributed by atoms with Crippen LogP contribution in [0.1, 0.15) is 5.56 Å². The first kappa shape index (κ1) is 15.6. The summed E-state index contributed by atoms with van der Waals surface area (Å²) in [5.74, 6) is 0.795. The molecule has 0 aromatic carbocycles. The summed E-state index contributed by atoms with van der Waals surface area (Å²) in [5, 5.41) is 6.48. The molecule has 5 nitrogen and oxygen atoms in total. The lowest BCUT2D eigenvalue weighted by Crippen LogP contribution is -2.38. The molecule has 6 heteroatoms. The predicted octanol–water partition coefficient (Wildman–Crippen LogP) is 2.06. The highest BCUT2D eigenvalue weighted by molar-refractivity contribution is 14.0. The Bertz CT molecular complexity index is 465. The van der Waals surface area contributed by atoms with Crippen molar-refractivity contribution in [2.75, 3.05) is 13.6 Å². The maximum atomic E-state index is 5.01. The van der Waals surface area contributed by atoms with Crippen LogP contribution in [0.25, 0.3) is 0 Å². The molecule has 2 aromatic rings. The van der Waals surface area contributed by atoms with Crippen LogP contribution in [0, 0.1) is 0 Å². The van der Waals surface area contributed by atoms with Crippen molar-refractivity contribution in [2.45, 2.75) is 13.1 Å². The van der Waals surface area contributed by atoms with E-state index in [9.17, 15) is 0 Å². The molecule has 0 atom stereocenters. The van der Waals surface area contributed by atoms with Gasteiger partial charge >= 0.3 is 0 Å². The van der Waals surface area contributed by atoms with Gasteiger partial charge in [-0.25, -0.2) is 0 Å². The van der Waals surface area contributed by atoms with Crippen LogP contribution in [0.3, 0.4) is 0 Å². The number of nitrogens with zero attached hydrogens (tertiary/aromatic N) is 2. The Morgan fingerprint density at radius 3 is 2.74 bits per heavy atom. The van der Waals surface area contributed by atoms with E-state index in [1.54, 1.807) is 19.6 Å². The third kappa shape index (κ3) is 5.37. The van der Waals surface area contributed by atoms with E-state index in [1.807, 2.05) is 30.6 Å². The molecule has 0 aliphatic heterocycles. The quantitative estimate of drug-likeness (QED) is 0.479. The van der Waals surface area contributed by atoms with Gasteiger partial charge in [0.1, 0.15) is 0 Å². The molecule has 0 unspecified atom stereocenters. The smallest absolute Gasteiger partial charge is 0.191 e. The van der Waals surface area contributed by atoms with Crippen LogP contribution in [-0.4, -0.2) is 24.1 Å². The standard InChI is InChI=1S/C13H18N4O.HI/c1-14-13(16-10-12-4-9-18-11-12)15-5-8-17-6-2-3-7-17;/h2-4,6-7,9,11H,5,8,10H2,1H3,(H2,14,15,16);1H. The molecule has 0 saturated heterocycles. The molecular formula is C13H19IN4O. The third-order valence-corrected chi connectivity index (χ3v) is 2.59. The van der Waals surface area contributed by atoms with E-state index in [0.29, 0.717) is 6.54 Å². The topological polar surface area (TPSA) is 54.5 Å². The highest BCUT2D eigenvalue weighted by Crippen LogP contribution is 1.98. The van der Waals surface area contributed by atoms with Crippen LogP contribution in [0.2, 0.25) is 0 Å². The SMILES string of the molecule is CN=C(NCCn1cccc1)NCc1ccoc1.I. The zero-order valence-corrected chi connectivity index (χ0v) is 13.2. The lowest BCUT2D eigenvalue weighted by Gasteiger charge is -2.11. The van der Waals surface area contributed by atoms with E-state index in [0.717, 1.165) is 24.6 Å². The number of rotatable bonds is 5. The fourth-order valence-corrected chi connectivity index (χ4v) is 1.62. The van der Waals surface area contributed by atoms with Crippen molar-refractivity contribution in [3.05, 3.63) is 48.7 Å². The van der Waals surface area contributed by atoms with Gasteiger partial charge in [0.25, 0.3) is 0 Å². The maximum absolute atomic E-state index is 5.01. The molecule has 104 valence electrons. The van der Waals surface area contributed by atoms with E-state index >= 15 is 0 Å². The largest absolute Gasteiger partial charge is 0.472 e. The molecule has 0 saturated carbocycles. The van der Waals surface area contributed by atoms with Gasteiger partial charge in [-0.3, -0.25) is 4.99 Å². The number of aliphatic imine (C=N–C) groups is 1. The molecule has 2 rings (SSSR count). The van der Waals surface area contributed by atoms with E-state index < -0.39 is 0 Å². The number of aromatic nitrogens is 1. The molecule has 0 bridgehead atoms. The Morgan fingerprint density at radius 1 is 1.32 bits per heavy atom. The summed E-state index contributed by atoms with van der Waals surface area (Å²) in [6, 6.07) is 5.97. The molecule has 19 heavy (non-hydrogen) atoms. The van der Waals surface area contributed by atoms with Crippen LogP contribution >= 0.6 is 24.0 Å². The second kappa shape index (κ2) is 8.63. The van der Waals surface area contributed by atoms with Crippen molar-refractivity contribution in [1.82, 2.24) is 15.2 Å². The van der Waals surface area contributed by atoms with Crippen molar-refractivity contribution < 1.29 is 4.42 Å². The minimum absolute atomic E-state index is 0. The first-order valence-corrected chi connectivity index (χ1v) is 5.95. The third-order valence-electron chi connectivity index (χ3n) is 2.59. The number of hydrogen-bond acceptors (Lipinski definition) is 2. The average molecular weight is 374 g/mol. The zero-order valence-electron chi connectivity index (χ0n) is 10.9. The fraction of sp³-hybridized carbons (Fsp3) is 0.308. The minimum Gasteiger partial charge on any atom is -0.472 e. The molecule has 0 fully saturated rings. The number of halogens is 1. The van der Waals surface area contributed by atoms with Gasteiger partial charge in [0.2, 0.25) is 0 Å². The number of guanidine groups is 1. The van der Waals surface area contributed by atoms with Gasteiger partial charge in [-0.2, -0.15) is 0 Å². The minimum atomic E-state index is 0. The first-order valence-electron chi connectivity index (χ1n) is 5.95. The van der Waals surface area contributed by atoms with Gasteiger partial charge in [-0.15, -0.1) is 24.0 Å². The van der Waals surface area contributed by atoms with Gasteiger partial charge in [0, 0.05) is 44.6 Å². The van der Waals surface area contributed by atoms with E-state index in [-0.39, 0.29) is 24.0 Å². The monoisotopic (exact) mass is 374 g/mol.